The van der Waals surface area contributed by atoms with Gasteiger partial charge in [0.25, 0.3) is 0 Å². The predicted molar refractivity (Wildman–Crippen MR) is 190 cm³/mol. The lowest BCUT2D eigenvalue weighted by atomic mass is 10.1. The van der Waals surface area contributed by atoms with Crippen LogP contribution in [-0.4, -0.2) is 19.5 Å². The summed E-state index contributed by atoms with van der Waals surface area (Å²) in [5.74, 6) is 1.94. The average Bonchev–Trinajstić information content (AvgIpc) is 3.34. The van der Waals surface area contributed by atoms with Gasteiger partial charge in [-0.25, -0.2) is 15.0 Å². The van der Waals surface area contributed by atoms with Gasteiger partial charge in [0.2, 0.25) is 0 Å². The van der Waals surface area contributed by atoms with E-state index in [1.165, 1.54) is 37.2 Å². The van der Waals surface area contributed by atoms with Gasteiger partial charge in [0.05, 0.1) is 11.0 Å². The van der Waals surface area contributed by atoms with Crippen molar-refractivity contribution in [1.29, 1.82) is 0 Å². The molecule has 0 saturated heterocycles. The van der Waals surface area contributed by atoms with Crippen molar-refractivity contribution in [1.82, 2.24) is 19.5 Å². The lowest BCUT2D eigenvalue weighted by Gasteiger charge is -2.14. The molecule has 0 unspecified atom stereocenters. The quantitative estimate of drug-likeness (QED) is 0.200. The van der Waals surface area contributed by atoms with Gasteiger partial charge in [-0.05, 0) is 35.4 Å². The van der Waals surface area contributed by atoms with Crippen molar-refractivity contribution < 1.29 is 0 Å². The fraction of sp³-hybridized carbons (Fsp3) is 0. The number of benzene rings is 6. The molecule has 0 radical (unpaired) electrons. The summed E-state index contributed by atoms with van der Waals surface area (Å²) in [6.45, 7) is 0. The minimum atomic E-state index is 0.639. The number of nitrogens with zero attached hydrogens (tertiary/aromatic N) is 4. The molecule has 46 heavy (non-hydrogen) atoms. The zero-order chi connectivity index (χ0) is 30.5. The molecule has 0 spiro atoms. The van der Waals surface area contributed by atoms with Crippen molar-refractivity contribution in [3.63, 3.8) is 0 Å². The summed E-state index contributed by atoms with van der Waals surface area (Å²) in [4.78, 5) is 17.4. The highest BCUT2D eigenvalue weighted by atomic mass is 32.2. The molecule has 5 heteroatoms. The Hall–Kier alpha value is -5.78. The van der Waals surface area contributed by atoms with Crippen LogP contribution in [0.15, 0.2) is 155 Å². The minimum absolute atomic E-state index is 0.639. The topological polar surface area (TPSA) is 43.6 Å². The van der Waals surface area contributed by atoms with Crippen LogP contribution in [0.1, 0.15) is 11.1 Å². The van der Waals surface area contributed by atoms with E-state index < -0.39 is 0 Å². The first-order valence-corrected chi connectivity index (χ1v) is 16.1. The molecule has 0 atom stereocenters. The minimum Gasteiger partial charge on any atom is -0.308 e. The zero-order valence-corrected chi connectivity index (χ0v) is 25.5. The van der Waals surface area contributed by atoms with E-state index in [1.807, 2.05) is 72.4 Å². The van der Waals surface area contributed by atoms with Crippen molar-refractivity contribution in [3.05, 3.63) is 157 Å². The molecule has 4 nitrogen and oxygen atoms in total. The summed E-state index contributed by atoms with van der Waals surface area (Å²) in [6, 6.07) is 50.6. The molecule has 1 aliphatic heterocycles. The van der Waals surface area contributed by atoms with Crippen LogP contribution in [0.4, 0.5) is 0 Å². The Bertz CT molecular complexity index is 2390. The Balaban J connectivity index is 1.27. The Kier molecular flexibility index (Phi) is 6.35. The van der Waals surface area contributed by atoms with E-state index in [9.17, 15) is 0 Å². The lowest BCUT2D eigenvalue weighted by molar-refractivity contribution is 1.07. The number of hydrogen-bond donors (Lipinski definition) is 0. The van der Waals surface area contributed by atoms with E-state index in [2.05, 4.69) is 102 Å². The second kappa shape index (κ2) is 11.0. The monoisotopic (exact) mass is 606 g/mol. The smallest absolute Gasteiger partial charge is 0.164 e. The summed E-state index contributed by atoms with van der Waals surface area (Å²) in [5, 5.41) is 2.46. The van der Waals surface area contributed by atoms with Crippen LogP contribution in [-0.2, 0) is 0 Å². The molecule has 6 aromatic carbocycles. The van der Waals surface area contributed by atoms with Gasteiger partial charge < -0.3 is 4.57 Å². The molecule has 0 saturated carbocycles. The second-order valence-corrected chi connectivity index (χ2v) is 12.3. The highest BCUT2D eigenvalue weighted by molar-refractivity contribution is 7.99. The average molecular weight is 607 g/mol. The van der Waals surface area contributed by atoms with Crippen molar-refractivity contribution in [2.45, 2.75) is 9.79 Å². The van der Waals surface area contributed by atoms with Crippen LogP contribution in [0.2, 0.25) is 0 Å². The third-order valence-corrected chi connectivity index (χ3v) is 9.68. The first-order valence-electron chi connectivity index (χ1n) is 15.3. The maximum atomic E-state index is 5.01. The van der Waals surface area contributed by atoms with E-state index in [4.69, 9.17) is 15.0 Å². The van der Waals surface area contributed by atoms with Crippen LogP contribution in [0.5, 0.6) is 0 Å². The van der Waals surface area contributed by atoms with Crippen LogP contribution in [0, 0.1) is 0 Å². The summed E-state index contributed by atoms with van der Waals surface area (Å²) < 4.78 is 2.40. The summed E-state index contributed by atoms with van der Waals surface area (Å²) in [7, 11) is 0. The third kappa shape index (κ3) is 4.52. The Morgan fingerprint density at radius 3 is 1.83 bits per heavy atom. The number of aromatic nitrogens is 4. The van der Waals surface area contributed by atoms with Gasteiger partial charge in [0.15, 0.2) is 17.5 Å². The van der Waals surface area contributed by atoms with Gasteiger partial charge >= 0.3 is 0 Å². The summed E-state index contributed by atoms with van der Waals surface area (Å²) >= 11 is 1.84. The molecular weight excluding hydrogens is 581 g/mol. The van der Waals surface area contributed by atoms with E-state index in [0.717, 1.165) is 27.9 Å². The van der Waals surface area contributed by atoms with Gasteiger partial charge in [-0.15, -0.1) is 0 Å². The van der Waals surface area contributed by atoms with Crippen LogP contribution < -0.4 is 0 Å². The molecule has 0 fully saturated rings. The molecule has 1 aliphatic rings. The van der Waals surface area contributed by atoms with Gasteiger partial charge in [0.1, 0.15) is 0 Å². The van der Waals surface area contributed by atoms with Crippen molar-refractivity contribution in [2.24, 2.45) is 0 Å². The molecule has 9 rings (SSSR count). The predicted octanol–water partition coefficient (Wildman–Crippen LogP) is 10.6. The number of rotatable bonds is 4. The van der Waals surface area contributed by atoms with Crippen molar-refractivity contribution >= 4 is 45.7 Å². The second-order valence-electron chi connectivity index (χ2n) is 11.3. The van der Waals surface area contributed by atoms with Gasteiger partial charge in [0, 0.05) is 42.9 Å². The van der Waals surface area contributed by atoms with Crippen LogP contribution in [0.3, 0.4) is 0 Å². The molecule has 0 bridgehead atoms. The third-order valence-electron chi connectivity index (χ3n) is 8.46. The van der Waals surface area contributed by atoms with E-state index in [-0.39, 0.29) is 0 Å². The molecule has 8 aromatic rings. The molecule has 216 valence electrons. The highest BCUT2D eigenvalue weighted by Crippen LogP contribution is 2.45. The summed E-state index contributed by atoms with van der Waals surface area (Å²) in [6.07, 6.45) is 4.47. The maximum absolute atomic E-state index is 5.01. The highest BCUT2D eigenvalue weighted by Gasteiger charge is 2.21. The molecule has 0 amide bonds. The van der Waals surface area contributed by atoms with Gasteiger partial charge in [-0.3, -0.25) is 0 Å². The van der Waals surface area contributed by atoms with E-state index >= 15 is 0 Å². The fourth-order valence-corrected chi connectivity index (χ4v) is 7.44. The van der Waals surface area contributed by atoms with Crippen molar-refractivity contribution in [2.75, 3.05) is 0 Å². The molecule has 0 aliphatic carbocycles. The van der Waals surface area contributed by atoms with Gasteiger partial charge in [-0.2, -0.15) is 0 Å². The largest absolute Gasteiger partial charge is 0.308 e. The molecule has 3 heterocycles. The summed E-state index contributed by atoms with van der Waals surface area (Å²) in [5.41, 5.74) is 8.71. The van der Waals surface area contributed by atoms with E-state index in [0.29, 0.717) is 17.5 Å². The number of fused-ring (bicyclic) bond motifs is 6. The molecular formula is C41H26N4S. The lowest BCUT2D eigenvalue weighted by Crippen LogP contribution is -2.01. The van der Waals surface area contributed by atoms with Crippen molar-refractivity contribution in [3.8, 4) is 39.9 Å². The first kappa shape index (κ1) is 26.6. The Labute approximate surface area is 270 Å². The molecule has 2 aromatic heterocycles. The van der Waals surface area contributed by atoms with Gasteiger partial charge in [-0.1, -0.05) is 145 Å². The fourth-order valence-electron chi connectivity index (χ4n) is 6.27. The maximum Gasteiger partial charge on any atom is 0.164 e. The Morgan fingerprint density at radius 1 is 0.457 bits per heavy atom. The van der Waals surface area contributed by atoms with Crippen LogP contribution in [0.25, 0.3) is 73.8 Å². The van der Waals surface area contributed by atoms with Crippen LogP contribution >= 0.6 is 11.8 Å². The standard InChI is InChI=1S/C41H26N4S/c1-3-13-29(14-4-1)39-42-40(30-15-5-2-6-16-30)44-41(43-39)31-17-11-18-32(26-31)45-35-20-9-8-19-33(35)34-25-24-28-23-22-27-12-7-10-21-36(27)46-38(28)37(34)45/h1-26H. The normalized spacial score (nSPS) is 12.2. The SMILES string of the molecule is C1=Cc2ccc3c4ccccc4n(-c4cccc(-c5nc(-c6ccccc6)nc(-c6ccccc6)n5)c4)c3c2Sc2ccccc21. The molecule has 0 N–H and O–H groups in total. The first-order chi connectivity index (χ1) is 22.8. The Morgan fingerprint density at radius 2 is 1.07 bits per heavy atom. The van der Waals surface area contributed by atoms with E-state index in [1.54, 1.807) is 0 Å². The number of hydrogen-bond acceptors (Lipinski definition) is 4. The number of para-hydroxylation sites is 1. The zero-order valence-electron chi connectivity index (χ0n) is 24.7.